The average Bonchev–Trinajstić information content (AvgIpc) is 2.53. The molecule has 0 bridgehead atoms. The van der Waals surface area contributed by atoms with E-state index in [1.165, 1.54) is 31.4 Å². The van der Waals surface area contributed by atoms with Crippen LogP contribution in [0.5, 0.6) is 0 Å². The molecule has 13 heavy (non-hydrogen) atoms. The summed E-state index contributed by atoms with van der Waals surface area (Å²) in [4.78, 5) is 4.45. The van der Waals surface area contributed by atoms with Gasteiger partial charge in [0.05, 0.1) is 0 Å². The molecule has 0 saturated heterocycles. The van der Waals surface area contributed by atoms with Crippen LogP contribution in [0.4, 0.5) is 0 Å². The number of nitrogens with zero attached hydrogens (tertiary/aromatic N) is 1. The minimum atomic E-state index is 0.632. The third-order valence-electron chi connectivity index (χ3n) is 3.12. The highest BCUT2D eigenvalue weighted by atomic mass is 14.7. The fraction of sp³-hybridized carbons (Fsp3) is 0.750. The lowest BCUT2D eigenvalue weighted by atomic mass is 9.94. The second-order valence-electron chi connectivity index (χ2n) is 4.03. The molecule has 0 spiro atoms. The molecular formula is C12H21N. The standard InChI is InChI=1S/C12H21N/c1-5-9(2)12(13-4)11-8-6-7-10(11)3/h9H,5-8H2,1-4H3. The highest BCUT2D eigenvalue weighted by molar-refractivity contribution is 6.02. The Kier molecular flexibility index (Phi) is 3.71. The van der Waals surface area contributed by atoms with Crippen LogP contribution in [0.3, 0.4) is 0 Å². The van der Waals surface area contributed by atoms with E-state index in [9.17, 15) is 0 Å². The second-order valence-corrected chi connectivity index (χ2v) is 4.03. The van der Waals surface area contributed by atoms with Gasteiger partial charge in [-0.3, -0.25) is 4.99 Å². The summed E-state index contributed by atoms with van der Waals surface area (Å²) in [6.45, 7) is 6.78. The second kappa shape index (κ2) is 4.59. The van der Waals surface area contributed by atoms with E-state index in [-0.39, 0.29) is 0 Å². The van der Waals surface area contributed by atoms with Gasteiger partial charge in [-0.2, -0.15) is 0 Å². The third kappa shape index (κ3) is 2.20. The molecule has 0 aliphatic heterocycles. The molecule has 1 aliphatic rings. The van der Waals surface area contributed by atoms with Crippen LogP contribution in [0.2, 0.25) is 0 Å². The lowest BCUT2D eigenvalue weighted by Gasteiger charge is -2.14. The SMILES string of the molecule is CCC(C)C(=NC)C1=C(C)CCC1. The summed E-state index contributed by atoms with van der Waals surface area (Å²) in [6, 6.07) is 0. The van der Waals surface area contributed by atoms with E-state index < -0.39 is 0 Å². The molecule has 0 aromatic carbocycles. The third-order valence-corrected chi connectivity index (χ3v) is 3.12. The predicted molar refractivity (Wildman–Crippen MR) is 59.4 cm³/mol. The quantitative estimate of drug-likeness (QED) is 0.587. The molecule has 1 unspecified atom stereocenters. The first-order chi connectivity index (χ1) is 6.20. The maximum absolute atomic E-state index is 4.45. The molecule has 1 atom stereocenters. The molecule has 1 nitrogen and oxygen atoms in total. The summed E-state index contributed by atoms with van der Waals surface area (Å²) >= 11 is 0. The topological polar surface area (TPSA) is 12.4 Å². The van der Waals surface area contributed by atoms with Crippen molar-refractivity contribution in [3.05, 3.63) is 11.1 Å². The van der Waals surface area contributed by atoms with Gasteiger partial charge in [-0.25, -0.2) is 0 Å². The Morgan fingerprint density at radius 1 is 1.46 bits per heavy atom. The van der Waals surface area contributed by atoms with Gasteiger partial charge in [0.25, 0.3) is 0 Å². The lowest BCUT2D eigenvalue weighted by Crippen LogP contribution is -2.13. The van der Waals surface area contributed by atoms with Crippen molar-refractivity contribution >= 4 is 5.71 Å². The van der Waals surface area contributed by atoms with Crippen LogP contribution in [-0.4, -0.2) is 12.8 Å². The van der Waals surface area contributed by atoms with Crippen LogP contribution in [0, 0.1) is 5.92 Å². The minimum absolute atomic E-state index is 0.632. The Morgan fingerprint density at radius 3 is 2.54 bits per heavy atom. The maximum atomic E-state index is 4.45. The smallest absolute Gasteiger partial charge is 0.0404 e. The van der Waals surface area contributed by atoms with E-state index in [0.717, 1.165) is 0 Å². The summed E-state index contributed by atoms with van der Waals surface area (Å²) in [5.74, 6) is 0.632. The minimum Gasteiger partial charge on any atom is -0.293 e. The predicted octanol–water partition coefficient (Wildman–Crippen LogP) is 3.60. The van der Waals surface area contributed by atoms with Crippen molar-refractivity contribution in [2.24, 2.45) is 10.9 Å². The summed E-state index contributed by atoms with van der Waals surface area (Å²) in [6.07, 6.45) is 5.06. The van der Waals surface area contributed by atoms with Gasteiger partial charge in [-0.15, -0.1) is 0 Å². The molecule has 0 N–H and O–H groups in total. The Labute approximate surface area is 82.0 Å². The van der Waals surface area contributed by atoms with Crippen LogP contribution in [-0.2, 0) is 0 Å². The number of hydrogen-bond donors (Lipinski definition) is 0. The van der Waals surface area contributed by atoms with E-state index >= 15 is 0 Å². The number of hydrogen-bond acceptors (Lipinski definition) is 1. The summed E-state index contributed by atoms with van der Waals surface area (Å²) in [7, 11) is 1.93. The van der Waals surface area contributed by atoms with E-state index in [2.05, 4.69) is 25.8 Å². The molecule has 1 heteroatoms. The van der Waals surface area contributed by atoms with Crippen molar-refractivity contribution in [2.75, 3.05) is 7.05 Å². The first-order valence-electron chi connectivity index (χ1n) is 5.36. The molecule has 1 rings (SSSR count). The zero-order valence-corrected chi connectivity index (χ0v) is 9.35. The Balaban J connectivity index is 2.84. The zero-order valence-electron chi connectivity index (χ0n) is 9.35. The summed E-state index contributed by atoms with van der Waals surface area (Å²) in [5, 5.41) is 0. The Morgan fingerprint density at radius 2 is 2.15 bits per heavy atom. The normalized spacial score (nSPS) is 21.1. The molecule has 0 heterocycles. The van der Waals surface area contributed by atoms with Gasteiger partial charge in [0.1, 0.15) is 0 Å². The van der Waals surface area contributed by atoms with Crippen molar-refractivity contribution < 1.29 is 0 Å². The van der Waals surface area contributed by atoms with Crippen LogP contribution >= 0.6 is 0 Å². The molecule has 0 fully saturated rings. The Bertz CT molecular complexity index is 236. The number of rotatable bonds is 3. The first-order valence-corrected chi connectivity index (χ1v) is 5.36. The molecule has 1 aliphatic carbocycles. The molecule has 0 aromatic rings. The van der Waals surface area contributed by atoms with E-state index in [1.807, 2.05) is 7.05 Å². The van der Waals surface area contributed by atoms with Crippen molar-refractivity contribution in [1.82, 2.24) is 0 Å². The fourth-order valence-corrected chi connectivity index (χ4v) is 2.09. The number of allylic oxidation sites excluding steroid dienone is 2. The average molecular weight is 179 g/mol. The zero-order chi connectivity index (χ0) is 9.84. The van der Waals surface area contributed by atoms with E-state index in [1.54, 1.807) is 11.1 Å². The van der Waals surface area contributed by atoms with Crippen LogP contribution in [0.15, 0.2) is 16.1 Å². The van der Waals surface area contributed by atoms with Crippen molar-refractivity contribution in [3.8, 4) is 0 Å². The molecule has 74 valence electrons. The van der Waals surface area contributed by atoms with Gasteiger partial charge >= 0.3 is 0 Å². The van der Waals surface area contributed by atoms with Crippen molar-refractivity contribution in [2.45, 2.75) is 46.5 Å². The fourth-order valence-electron chi connectivity index (χ4n) is 2.09. The maximum Gasteiger partial charge on any atom is 0.0404 e. The summed E-state index contributed by atoms with van der Waals surface area (Å²) in [5.41, 5.74) is 4.48. The highest BCUT2D eigenvalue weighted by Crippen LogP contribution is 2.29. The van der Waals surface area contributed by atoms with Crippen molar-refractivity contribution in [3.63, 3.8) is 0 Å². The van der Waals surface area contributed by atoms with Crippen molar-refractivity contribution in [1.29, 1.82) is 0 Å². The molecule has 0 amide bonds. The van der Waals surface area contributed by atoms with E-state index in [0.29, 0.717) is 5.92 Å². The van der Waals surface area contributed by atoms with Gasteiger partial charge in [0, 0.05) is 12.8 Å². The molecule has 0 radical (unpaired) electrons. The largest absolute Gasteiger partial charge is 0.293 e. The van der Waals surface area contributed by atoms with Gasteiger partial charge in [-0.1, -0.05) is 19.4 Å². The van der Waals surface area contributed by atoms with E-state index in [4.69, 9.17) is 0 Å². The molecule has 0 aromatic heterocycles. The van der Waals surface area contributed by atoms with Crippen LogP contribution in [0.1, 0.15) is 46.5 Å². The molecule has 0 saturated carbocycles. The van der Waals surface area contributed by atoms with Gasteiger partial charge in [0.2, 0.25) is 0 Å². The monoisotopic (exact) mass is 179 g/mol. The summed E-state index contributed by atoms with van der Waals surface area (Å²) < 4.78 is 0. The molecular weight excluding hydrogens is 158 g/mol. The lowest BCUT2D eigenvalue weighted by molar-refractivity contribution is 0.733. The van der Waals surface area contributed by atoms with Gasteiger partial charge in [-0.05, 0) is 44.1 Å². The Hall–Kier alpha value is -0.590. The van der Waals surface area contributed by atoms with Crippen LogP contribution < -0.4 is 0 Å². The van der Waals surface area contributed by atoms with Gasteiger partial charge in [0.15, 0.2) is 0 Å². The number of aliphatic imine (C=N–C) groups is 1. The van der Waals surface area contributed by atoms with Crippen LogP contribution in [0.25, 0.3) is 0 Å². The highest BCUT2D eigenvalue weighted by Gasteiger charge is 2.18. The van der Waals surface area contributed by atoms with Gasteiger partial charge < -0.3 is 0 Å². The first kappa shape index (κ1) is 10.5.